The fourth-order valence-electron chi connectivity index (χ4n) is 3.10. The second kappa shape index (κ2) is 8.08. The number of carbonyl (C=O) groups excluding carboxylic acids is 1. The molecule has 2 aromatic carbocycles. The van der Waals surface area contributed by atoms with Crippen LogP contribution in [-0.4, -0.2) is 22.7 Å². The molecule has 6 nitrogen and oxygen atoms in total. The van der Waals surface area contributed by atoms with E-state index < -0.39 is 0 Å². The molecule has 6 heteroatoms. The van der Waals surface area contributed by atoms with Gasteiger partial charge in [-0.3, -0.25) is 9.59 Å². The van der Waals surface area contributed by atoms with Gasteiger partial charge in [-0.25, -0.2) is 4.68 Å². The van der Waals surface area contributed by atoms with Crippen molar-refractivity contribution in [2.75, 3.05) is 12.4 Å². The van der Waals surface area contributed by atoms with E-state index in [4.69, 9.17) is 4.74 Å². The van der Waals surface area contributed by atoms with E-state index in [9.17, 15) is 9.59 Å². The van der Waals surface area contributed by atoms with E-state index >= 15 is 0 Å². The van der Waals surface area contributed by atoms with Crippen molar-refractivity contribution in [1.82, 2.24) is 9.78 Å². The Morgan fingerprint density at radius 3 is 2.50 bits per heavy atom. The number of anilines is 2. The van der Waals surface area contributed by atoms with E-state index in [1.807, 2.05) is 62.4 Å². The quantitative estimate of drug-likeness (QED) is 0.652. The van der Waals surface area contributed by atoms with E-state index in [2.05, 4.69) is 10.4 Å². The van der Waals surface area contributed by atoms with Crippen molar-refractivity contribution in [3.63, 3.8) is 0 Å². The van der Waals surface area contributed by atoms with Gasteiger partial charge in [-0.1, -0.05) is 36.4 Å². The zero-order valence-corrected chi connectivity index (χ0v) is 16.4. The Balaban J connectivity index is 2.30. The Kier molecular flexibility index (Phi) is 5.59. The standard InChI is InChI=1S/C22H23N3O3/c1-5-25-22(27)21(23-17-13-14(2)11-12-18(17)28-4)19(15(3)26)20(24-25)16-9-7-6-8-10-16/h6-13,23H,5H2,1-4H3. The number of ether oxygens (including phenoxy) is 1. The summed E-state index contributed by atoms with van der Waals surface area (Å²) < 4.78 is 6.77. The average molecular weight is 377 g/mol. The topological polar surface area (TPSA) is 73.2 Å². The number of hydrogen-bond acceptors (Lipinski definition) is 5. The molecule has 0 saturated carbocycles. The van der Waals surface area contributed by atoms with Crippen molar-refractivity contribution < 1.29 is 9.53 Å². The third kappa shape index (κ3) is 3.67. The number of ketones is 1. The number of Topliss-reactive ketones (excluding diaryl/α,β-unsaturated/α-hetero) is 1. The van der Waals surface area contributed by atoms with Gasteiger partial charge in [0.2, 0.25) is 0 Å². The summed E-state index contributed by atoms with van der Waals surface area (Å²) in [5, 5.41) is 7.60. The van der Waals surface area contributed by atoms with Crippen LogP contribution < -0.4 is 15.6 Å². The summed E-state index contributed by atoms with van der Waals surface area (Å²) in [5.41, 5.74) is 2.99. The lowest BCUT2D eigenvalue weighted by molar-refractivity contribution is 0.101. The van der Waals surface area contributed by atoms with E-state index in [1.165, 1.54) is 11.6 Å². The monoisotopic (exact) mass is 377 g/mol. The van der Waals surface area contributed by atoms with Crippen LogP contribution in [0.25, 0.3) is 11.3 Å². The van der Waals surface area contributed by atoms with E-state index in [0.717, 1.165) is 11.1 Å². The molecule has 0 saturated heterocycles. The number of rotatable bonds is 6. The lowest BCUT2D eigenvalue weighted by atomic mass is 10.0. The number of aryl methyl sites for hydroxylation is 2. The van der Waals surface area contributed by atoms with Crippen LogP contribution >= 0.6 is 0 Å². The number of hydrogen-bond donors (Lipinski definition) is 1. The van der Waals surface area contributed by atoms with Gasteiger partial charge in [0.1, 0.15) is 17.1 Å². The molecule has 28 heavy (non-hydrogen) atoms. The molecule has 0 radical (unpaired) electrons. The average Bonchev–Trinajstić information content (AvgIpc) is 2.69. The highest BCUT2D eigenvalue weighted by Gasteiger charge is 2.22. The van der Waals surface area contributed by atoms with Crippen LogP contribution in [0.5, 0.6) is 5.75 Å². The van der Waals surface area contributed by atoms with E-state index in [1.54, 1.807) is 7.11 Å². The van der Waals surface area contributed by atoms with Gasteiger partial charge in [0.25, 0.3) is 5.56 Å². The molecule has 0 aliphatic heterocycles. The van der Waals surface area contributed by atoms with Gasteiger partial charge >= 0.3 is 0 Å². The van der Waals surface area contributed by atoms with Gasteiger partial charge in [-0.2, -0.15) is 5.10 Å². The van der Waals surface area contributed by atoms with Crippen LogP contribution in [0.15, 0.2) is 53.3 Å². The van der Waals surface area contributed by atoms with Crippen LogP contribution in [0.1, 0.15) is 29.8 Å². The molecule has 1 heterocycles. The highest BCUT2D eigenvalue weighted by molar-refractivity contribution is 6.05. The zero-order chi connectivity index (χ0) is 20.3. The predicted octanol–water partition coefficient (Wildman–Crippen LogP) is 4.19. The summed E-state index contributed by atoms with van der Waals surface area (Å²) in [6, 6.07) is 15.0. The van der Waals surface area contributed by atoms with Crippen LogP contribution in [0.2, 0.25) is 0 Å². The molecule has 0 unspecified atom stereocenters. The molecule has 0 spiro atoms. The fourth-order valence-corrected chi connectivity index (χ4v) is 3.10. The van der Waals surface area contributed by atoms with Gasteiger partial charge in [0, 0.05) is 12.1 Å². The first-order valence-corrected chi connectivity index (χ1v) is 9.09. The number of carbonyl (C=O) groups is 1. The maximum Gasteiger partial charge on any atom is 0.291 e. The first-order chi connectivity index (χ1) is 13.5. The molecule has 1 N–H and O–H groups in total. The van der Waals surface area contributed by atoms with Gasteiger partial charge in [-0.15, -0.1) is 0 Å². The van der Waals surface area contributed by atoms with Crippen LogP contribution in [0, 0.1) is 6.92 Å². The Morgan fingerprint density at radius 1 is 1.18 bits per heavy atom. The Morgan fingerprint density at radius 2 is 1.89 bits per heavy atom. The molecule has 0 aliphatic carbocycles. The first-order valence-electron chi connectivity index (χ1n) is 9.09. The summed E-state index contributed by atoms with van der Waals surface area (Å²) in [5.74, 6) is 0.349. The first kappa shape index (κ1) is 19.4. The Labute approximate surface area is 163 Å². The van der Waals surface area contributed by atoms with Gasteiger partial charge < -0.3 is 10.1 Å². The molecule has 0 atom stereocenters. The molecule has 3 rings (SSSR count). The highest BCUT2D eigenvalue weighted by atomic mass is 16.5. The Hall–Kier alpha value is -3.41. The van der Waals surface area contributed by atoms with Crippen molar-refractivity contribution in [3.8, 4) is 17.0 Å². The molecule has 0 fully saturated rings. The molecular formula is C22H23N3O3. The van der Waals surface area contributed by atoms with Crippen molar-refractivity contribution in [1.29, 1.82) is 0 Å². The summed E-state index contributed by atoms with van der Waals surface area (Å²) in [4.78, 5) is 25.6. The van der Waals surface area contributed by atoms with Crippen LogP contribution in [-0.2, 0) is 6.54 Å². The smallest absolute Gasteiger partial charge is 0.291 e. The number of aromatic nitrogens is 2. The van der Waals surface area contributed by atoms with Gasteiger partial charge in [0.15, 0.2) is 5.78 Å². The van der Waals surface area contributed by atoms with Crippen molar-refractivity contribution in [2.24, 2.45) is 0 Å². The minimum atomic E-state index is -0.351. The maximum absolute atomic E-state index is 13.0. The van der Waals surface area contributed by atoms with E-state index in [-0.39, 0.29) is 22.6 Å². The minimum absolute atomic E-state index is 0.201. The molecule has 1 aromatic heterocycles. The second-order valence-corrected chi connectivity index (χ2v) is 6.47. The van der Waals surface area contributed by atoms with Gasteiger partial charge in [-0.05, 0) is 38.5 Å². The van der Waals surface area contributed by atoms with E-state index in [0.29, 0.717) is 23.7 Å². The van der Waals surface area contributed by atoms with Crippen LogP contribution in [0.4, 0.5) is 11.4 Å². The molecule has 144 valence electrons. The summed E-state index contributed by atoms with van der Waals surface area (Å²) in [6.45, 7) is 5.62. The normalized spacial score (nSPS) is 10.6. The predicted molar refractivity (Wildman–Crippen MR) is 111 cm³/mol. The van der Waals surface area contributed by atoms with Crippen molar-refractivity contribution in [2.45, 2.75) is 27.3 Å². The van der Waals surface area contributed by atoms with Crippen molar-refractivity contribution >= 4 is 17.2 Å². The van der Waals surface area contributed by atoms with Crippen molar-refractivity contribution in [3.05, 3.63) is 70.0 Å². The minimum Gasteiger partial charge on any atom is -0.495 e. The SMILES string of the molecule is CCn1nc(-c2ccccc2)c(C(C)=O)c(Nc2cc(C)ccc2OC)c1=O. The number of methoxy groups -OCH3 is 1. The molecule has 0 aliphatic rings. The Bertz CT molecular complexity index is 1070. The summed E-state index contributed by atoms with van der Waals surface area (Å²) >= 11 is 0. The maximum atomic E-state index is 13.0. The number of nitrogens with zero attached hydrogens (tertiary/aromatic N) is 2. The lowest BCUT2D eigenvalue weighted by Gasteiger charge is -2.17. The summed E-state index contributed by atoms with van der Waals surface area (Å²) in [7, 11) is 1.56. The molecular weight excluding hydrogens is 354 g/mol. The third-order valence-corrected chi connectivity index (χ3v) is 4.47. The molecule has 0 amide bonds. The highest BCUT2D eigenvalue weighted by Crippen LogP contribution is 2.31. The second-order valence-electron chi connectivity index (χ2n) is 6.47. The lowest BCUT2D eigenvalue weighted by Crippen LogP contribution is -2.28. The number of nitrogens with one attached hydrogen (secondary N) is 1. The number of benzene rings is 2. The largest absolute Gasteiger partial charge is 0.495 e. The zero-order valence-electron chi connectivity index (χ0n) is 16.4. The summed E-state index contributed by atoms with van der Waals surface area (Å²) in [6.07, 6.45) is 0. The fraction of sp³-hybridized carbons (Fsp3) is 0.227. The van der Waals surface area contributed by atoms with Gasteiger partial charge in [0.05, 0.1) is 18.4 Å². The third-order valence-electron chi connectivity index (χ3n) is 4.47. The molecule has 3 aromatic rings. The molecule has 0 bridgehead atoms. The van der Waals surface area contributed by atoms with Crippen LogP contribution in [0.3, 0.4) is 0 Å².